The zero-order valence-electron chi connectivity index (χ0n) is 13.1. The van der Waals surface area contributed by atoms with Crippen molar-refractivity contribution in [3.05, 3.63) is 33.8 Å². The summed E-state index contributed by atoms with van der Waals surface area (Å²) >= 11 is 13.7. The van der Waals surface area contributed by atoms with Crippen LogP contribution in [-0.2, 0) is 4.79 Å². The molecule has 2 aliphatic heterocycles. The quantitative estimate of drug-likeness (QED) is 0.831. The first-order valence-electron chi connectivity index (χ1n) is 7.88. The first kappa shape index (κ1) is 17.9. The van der Waals surface area contributed by atoms with Gasteiger partial charge in [0.05, 0.1) is 22.5 Å². The van der Waals surface area contributed by atoms with Crippen LogP contribution in [0.3, 0.4) is 0 Å². The van der Waals surface area contributed by atoms with E-state index in [1.165, 1.54) is 0 Å². The van der Waals surface area contributed by atoms with Crippen molar-refractivity contribution in [3.63, 3.8) is 0 Å². The largest absolute Gasteiger partial charge is 0.352 e. The summed E-state index contributed by atoms with van der Waals surface area (Å²) in [5.74, 6) is 1.99. The Hall–Kier alpha value is -0.950. The van der Waals surface area contributed by atoms with Gasteiger partial charge in [-0.1, -0.05) is 23.2 Å². The number of nitrogens with zero attached hydrogens (tertiary/aromatic N) is 1. The number of hydrogen-bond acceptors (Lipinski definition) is 4. The van der Waals surface area contributed by atoms with E-state index in [0.717, 1.165) is 31.1 Å². The zero-order chi connectivity index (χ0) is 17.1. The molecule has 24 heavy (non-hydrogen) atoms. The Labute approximate surface area is 155 Å². The van der Waals surface area contributed by atoms with Crippen molar-refractivity contribution in [2.24, 2.45) is 5.92 Å². The van der Waals surface area contributed by atoms with Crippen molar-refractivity contribution >= 4 is 46.8 Å². The molecule has 2 aliphatic rings. The van der Waals surface area contributed by atoms with Crippen molar-refractivity contribution in [2.75, 3.05) is 31.3 Å². The highest BCUT2D eigenvalue weighted by Gasteiger charge is 2.33. The summed E-state index contributed by atoms with van der Waals surface area (Å²) in [7, 11) is 0. The van der Waals surface area contributed by atoms with E-state index in [9.17, 15) is 9.59 Å². The fraction of sp³-hybridized carbons (Fsp3) is 0.500. The molecule has 2 N–H and O–H groups in total. The normalized spacial score (nSPS) is 23.5. The molecule has 0 spiro atoms. The standard InChI is InChI=1S/C16H19Cl2N3O2S/c17-11-1-2-12(13(18)6-11)15(22)20-8-10-5-14(19-7-10)16(23)21-3-4-24-9-21/h1-2,6,10,14,19H,3-5,7-9H2,(H,20,22)/t10?,14-/m0/s1. The highest BCUT2D eigenvalue weighted by Crippen LogP contribution is 2.22. The molecule has 2 fully saturated rings. The van der Waals surface area contributed by atoms with Gasteiger partial charge >= 0.3 is 0 Å². The SMILES string of the molecule is O=C(NCC1CN[C@H](C(=O)N2CCSC2)C1)c1ccc(Cl)cc1Cl. The fourth-order valence-electron chi connectivity index (χ4n) is 2.97. The molecule has 2 atom stereocenters. The van der Waals surface area contributed by atoms with Crippen LogP contribution < -0.4 is 10.6 Å². The van der Waals surface area contributed by atoms with Crippen LogP contribution in [0.15, 0.2) is 18.2 Å². The number of amides is 2. The number of carbonyl (C=O) groups is 2. The Balaban J connectivity index is 1.49. The van der Waals surface area contributed by atoms with Crippen LogP contribution in [-0.4, -0.2) is 54.0 Å². The van der Waals surface area contributed by atoms with Gasteiger partial charge in [-0.3, -0.25) is 9.59 Å². The lowest BCUT2D eigenvalue weighted by Gasteiger charge is -2.19. The summed E-state index contributed by atoms with van der Waals surface area (Å²) in [5.41, 5.74) is 0.411. The number of halogens is 2. The molecule has 2 amide bonds. The van der Waals surface area contributed by atoms with Gasteiger partial charge in [0.2, 0.25) is 5.91 Å². The molecule has 0 aromatic heterocycles. The molecule has 3 rings (SSSR count). The number of benzene rings is 1. The molecule has 0 bridgehead atoms. The van der Waals surface area contributed by atoms with Crippen molar-refractivity contribution in [3.8, 4) is 0 Å². The average molecular weight is 388 g/mol. The third-order valence-electron chi connectivity index (χ3n) is 4.31. The summed E-state index contributed by atoms with van der Waals surface area (Å²) in [6.07, 6.45) is 0.745. The monoisotopic (exact) mass is 387 g/mol. The van der Waals surface area contributed by atoms with Gasteiger partial charge in [0.15, 0.2) is 0 Å². The maximum absolute atomic E-state index is 12.4. The van der Waals surface area contributed by atoms with Crippen LogP contribution in [0.4, 0.5) is 0 Å². The van der Waals surface area contributed by atoms with Gasteiger partial charge in [0, 0.05) is 30.4 Å². The molecule has 0 aliphatic carbocycles. The summed E-state index contributed by atoms with van der Waals surface area (Å²) in [5, 5.41) is 7.00. The predicted octanol–water partition coefficient (Wildman–Crippen LogP) is 2.23. The van der Waals surface area contributed by atoms with Crippen LogP contribution in [0.2, 0.25) is 10.0 Å². The van der Waals surface area contributed by atoms with Gasteiger partial charge in [0.25, 0.3) is 5.91 Å². The molecule has 1 aromatic rings. The Morgan fingerprint density at radius 3 is 2.92 bits per heavy atom. The smallest absolute Gasteiger partial charge is 0.252 e. The number of hydrogen-bond donors (Lipinski definition) is 2. The van der Waals surface area contributed by atoms with Gasteiger partial charge in [-0.2, -0.15) is 0 Å². The Kier molecular flexibility index (Phi) is 5.92. The van der Waals surface area contributed by atoms with E-state index in [1.807, 2.05) is 4.90 Å². The summed E-state index contributed by atoms with van der Waals surface area (Å²) < 4.78 is 0. The summed E-state index contributed by atoms with van der Waals surface area (Å²) in [6, 6.07) is 4.68. The molecule has 2 saturated heterocycles. The molecule has 130 valence electrons. The zero-order valence-corrected chi connectivity index (χ0v) is 15.4. The van der Waals surface area contributed by atoms with E-state index in [-0.39, 0.29) is 23.8 Å². The highest BCUT2D eigenvalue weighted by molar-refractivity contribution is 7.99. The fourth-order valence-corrected chi connectivity index (χ4v) is 4.42. The molecular weight excluding hydrogens is 369 g/mol. The van der Waals surface area contributed by atoms with E-state index in [2.05, 4.69) is 10.6 Å². The Bertz CT molecular complexity index is 638. The molecule has 0 saturated carbocycles. The van der Waals surface area contributed by atoms with Crippen LogP contribution in [0.5, 0.6) is 0 Å². The molecule has 8 heteroatoms. The Morgan fingerprint density at radius 1 is 1.38 bits per heavy atom. The first-order chi connectivity index (χ1) is 11.5. The molecule has 1 aromatic carbocycles. The summed E-state index contributed by atoms with van der Waals surface area (Å²) in [6.45, 7) is 2.08. The van der Waals surface area contributed by atoms with Crippen LogP contribution in [0, 0.1) is 5.92 Å². The van der Waals surface area contributed by atoms with E-state index in [1.54, 1.807) is 30.0 Å². The van der Waals surface area contributed by atoms with Crippen LogP contribution in [0.25, 0.3) is 0 Å². The minimum atomic E-state index is -0.220. The van der Waals surface area contributed by atoms with Gasteiger partial charge in [-0.05, 0) is 30.5 Å². The van der Waals surface area contributed by atoms with E-state index in [4.69, 9.17) is 23.2 Å². The lowest BCUT2D eigenvalue weighted by molar-refractivity contribution is -0.131. The van der Waals surface area contributed by atoms with Gasteiger partial charge in [0.1, 0.15) is 0 Å². The first-order valence-corrected chi connectivity index (χ1v) is 9.79. The highest BCUT2D eigenvalue weighted by atomic mass is 35.5. The Morgan fingerprint density at radius 2 is 2.21 bits per heavy atom. The average Bonchev–Trinajstić information content (AvgIpc) is 3.24. The lowest BCUT2D eigenvalue weighted by Crippen LogP contribution is -2.42. The minimum absolute atomic E-state index is 0.135. The molecule has 2 heterocycles. The van der Waals surface area contributed by atoms with E-state index >= 15 is 0 Å². The molecular formula is C16H19Cl2N3O2S. The second-order valence-corrected chi connectivity index (χ2v) is 7.95. The maximum Gasteiger partial charge on any atom is 0.252 e. The van der Waals surface area contributed by atoms with Gasteiger partial charge < -0.3 is 15.5 Å². The second-order valence-electron chi connectivity index (χ2n) is 6.04. The predicted molar refractivity (Wildman–Crippen MR) is 97.7 cm³/mol. The third kappa shape index (κ3) is 4.17. The third-order valence-corrected chi connectivity index (χ3v) is 5.82. The van der Waals surface area contributed by atoms with E-state index < -0.39 is 0 Å². The number of carbonyl (C=O) groups excluding carboxylic acids is 2. The molecule has 0 radical (unpaired) electrons. The second kappa shape index (κ2) is 7.95. The van der Waals surface area contributed by atoms with Crippen molar-refractivity contribution in [1.82, 2.24) is 15.5 Å². The van der Waals surface area contributed by atoms with Gasteiger partial charge in [-0.25, -0.2) is 0 Å². The summed E-state index contributed by atoms with van der Waals surface area (Å²) in [4.78, 5) is 26.5. The number of rotatable bonds is 4. The van der Waals surface area contributed by atoms with Crippen molar-refractivity contribution in [2.45, 2.75) is 12.5 Å². The molecule has 1 unspecified atom stereocenters. The lowest BCUT2D eigenvalue weighted by atomic mass is 10.0. The minimum Gasteiger partial charge on any atom is -0.352 e. The van der Waals surface area contributed by atoms with E-state index in [0.29, 0.717) is 22.2 Å². The van der Waals surface area contributed by atoms with Crippen LogP contribution >= 0.6 is 35.0 Å². The van der Waals surface area contributed by atoms with Crippen molar-refractivity contribution in [1.29, 1.82) is 0 Å². The number of thioether (sulfide) groups is 1. The van der Waals surface area contributed by atoms with Crippen molar-refractivity contribution < 1.29 is 9.59 Å². The van der Waals surface area contributed by atoms with Crippen LogP contribution in [0.1, 0.15) is 16.8 Å². The number of nitrogens with one attached hydrogen (secondary N) is 2. The topological polar surface area (TPSA) is 61.4 Å². The maximum atomic E-state index is 12.4. The van der Waals surface area contributed by atoms with Gasteiger partial charge in [-0.15, -0.1) is 11.8 Å². The molecule has 5 nitrogen and oxygen atoms in total.